The van der Waals surface area contributed by atoms with Crippen LogP contribution in [0, 0.1) is 0 Å². The van der Waals surface area contributed by atoms with E-state index in [-0.39, 0.29) is 0 Å². The minimum atomic E-state index is 0.532. The molecular formula is C13H16N2OS. The van der Waals surface area contributed by atoms with E-state index >= 15 is 0 Å². The Bertz CT molecular complexity index is 544. The van der Waals surface area contributed by atoms with Gasteiger partial charge in [-0.15, -0.1) is 12.6 Å². The van der Waals surface area contributed by atoms with Crippen molar-refractivity contribution in [2.45, 2.75) is 23.7 Å². The predicted octanol–water partition coefficient (Wildman–Crippen LogP) is 2.76. The van der Waals surface area contributed by atoms with Gasteiger partial charge in [-0.25, -0.2) is 4.98 Å². The van der Waals surface area contributed by atoms with Gasteiger partial charge >= 0.3 is 0 Å². The van der Waals surface area contributed by atoms with Crippen LogP contribution in [0.3, 0.4) is 0 Å². The van der Waals surface area contributed by atoms with E-state index in [9.17, 15) is 0 Å². The monoisotopic (exact) mass is 248 g/mol. The van der Waals surface area contributed by atoms with Gasteiger partial charge in [0.25, 0.3) is 0 Å². The number of thiol groups is 1. The second-order valence-electron chi connectivity index (χ2n) is 4.59. The van der Waals surface area contributed by atoms with Gasteiger partial charge in [0.15, 0.2) is 0 Å². The number of hydrogen-bond donors (Lipinski definition) is 1. The average molecular weight is 248 g/mol. The van der Waals surface area contributed by atoms with E-state index in [4.69, 9.17) is 9.72 Å². The lowest BCUT2D eigenvalue weighted by atomic mass is 9.99. The van der Waals surface area contributed by atoms with Crippen LogP contribution < -0.4 is 0 Å². The topological polar surface area (TPSA) is 27.1 Å². The molecule has 1 saturated heterocycles. The normalized spacial score (nSPS) is 17.8. The Morgan fingerprint density at radius 1 is 1.35 bits per heavy atom. The second-order valence-corrected chi connectivity index (χ2v) is 5.11. The number of hydrogen-bond acceptors (Lipinski definition) is 3. The van der Waals surface area contributed by atoms with Crippen molar-refractivity contribution >= 4 is 23.7 Å². The molecule has 90 valence electrons. The van der Waals surface area contributed by atoms with Crippen LogP contribution in [0.25, 0.3) is 11.0 Å². The highest BCUT2D eigenvalue weighted by Gasteiger charge is 2.21. The number of aromatic nitrogens is 2. The first kappa shape index (κ1) is 11.1. The molecule has 0 amide bonds. The van der Waals surface area contributed by atoms with Crippen LogP contribution in [0.15, 0.2) is 23.1 Å². The molecule has 1 fully saturated rings. The van der Waals surface area contributed by atoms with Gasteiger partial charge in [-0.05, 0) is 31.0 Å². The number of benzene rings is 1. The highest BCUT2D eigenvalue weighted by atomic mass is 32.1. The third kappa shape index (κ3) is 1.96. The molecule has 0 atom stereocenters. The third-order valence-corrected chi connectivity index (χ3v) is 3.76. The van der Waals surface area contributed by atoms with Gasteiger partial charge in [0.05, 0.1) is 11.0 Å². The number of rotatable bonds is 1. The fourth-order valence-electron chi connectivity index (χ4n) is 2.52. The zero-order chi connectivity index (χ0) is 11.8. The largest absolute Gasteiger partial charge is 0.381 e. The van der Waals surface area contributed by atoms with Gasteiger partial charge in [-0.2, -0.15) is 0 Å². The van der Waals surface area contributed by atoms with E-state index in [1.807, 2.05) is 12.1 Å². The van der Waals surface area contributed by atoms with Crippen LogP contribution >= 0.6 is 12.6 Å². The molecule has 0 bridgehead atoms. The molecule has 1 aromatic carbocycles. The minimum absolute atomic E-state index is 0.532. The maximum atomic E-state index is 5.40. The summed E-state index contributed by atoms with van der Waals surface area (Å²) in [6.45, 7) is 1.71. The maximum Gasteiger partial charge on any atom is 0.112 e. The summed E-state index contributed by atoms with van der Waals surface area (Å²) in [7, 11) is 2.09. The smallest absolute Gasteiger partial charge is 0.112 e. The summed E-state index contributed by atoms with van der Waals surface area (Å²) in [6.07, 6.45) is 2.15. The molecule has 0 radical (unpaired) electrons. The SMILES string of the molecule is Cn1c(C2CCOCC2)nc2ccc(S)cc21. The van der Waals surface area contributed by atoms with Crippen LogP contribution in [-0.4, -0.2) is 22.8 Å². The summed E-state index contributed by atoms with van der Waals surface area (Å²) >= 11 is 4.38. The van der Waals surface area contributed by atoms with Crippen LogP contribution in [0.1, 0.15) is 24.6 Å². The zero-order valence-corrected chi connectivity index (χ0v) is 10.8. The molecule has 0 aliphatic carbocycles. The van der Waals surface area contributed by atoms with E-state index in [2.05, 4.69) is 30.3 Å². The Balaban J connectivity index is 2.07. The number of nitrogens with zero attached hydrogens (tertiary/aromatic N) is 2. The average Bonchev–Trinajstić information content (AvgIpc) is 2.68. The highest BCUT2D eigenvalue weighted by molar-refractivity contribution is 7.80. The first-order chi connectivity index (χ1) is 8.25. The molecule has 0 spiro atoms. The van der Waals surface area contributed by atoms with Crippen molar-refractivity contribution < 1.29 is 4.74 Å². The van der Waals surface area contributed by atoms with Gasteiger partial charge in [0.1, 0.15) is 5.82 Å². The number of ether oxygens (including phenoxy) is 1. The van der Waals surface area contributed by atoms with Crippen molar-refractivity contribution in [1.29, 1.82) is 0 Å². The Kier molecular flexibility index (Phi) is 2.84. The Labute approximate surface area is 106 Å². The number of fused-ring (bicyclic) bond motifs is 1. The van der Waals surface area contributed by atoms with Crippen molar-refractivity contribution in [3.8, 4) is 0 Å². The predicted molar refractivity (Wildman–Crippen MR) is 70.8 cm³/mol. The molecule has 0 N–H and O–H groups in total. The molecule has 1 aliphatic heterocycles. The van der Waals surface area contributed by atoms with Crippen molar-refractivity contribution in [3.05, 3.63) is 24.0 Å². The van der Waals surface area contributed by atoms with Crippen molar-refractivity contribution in [2.24, 2.45) is 7.05 Å². The lowest BCUT2D eigenvalue weighted by Gasteiger charge is -2.21. The highest BCUT2D eigenvalue weighted by Crippen LogP contribution is 2.29. The Hall–Kier alpha value is -1.00. The molecule has 0 saturated carbocycles. The molecule has 3 rings (SSSR count). The summed E-state index contributed by atoms with van der Waals surface area (Å²) in [4.78, 5) is 5.74. The first-order valence-corrected chi connectivity index (χ1v) is 6.43. The van der Waals surface area contributed by atoms with Gasteiger partial charge in [0.2, 0.25) is 0 Å². The Morgan fingerprint density at radius 3 is 2.88 bits per heavy atom. The minimum Gasteiger partial charge on any atom is -0.381 e. The third-order valence-electron chi connectivity index (χ3n) is 3.49. The summed E-state index contributed by atoms with van der Waals surface area (Å²) in [5, 5.41) is 0. The molecule has 1 aromatic heterocycles. The number of aryl methyl sites for hydroxylation is 1. The molecule has 1 aliphatic rings. The molecule has 17 heavy (non-hydrogen) atoms. The Morgan fingerprint density at radius 2 is 2.12 bits per heavy atom. The van der Waals surface area contributed by atoms with Crippen LogP contribution in [0.2, 0.25) is 0 Å². The fraction of sp³-hybridized carbons (Fsp3) is 0.462. The molecule has 0 unspecified atom stereocenters. The summed E-state index contributed by atoms with van der Waals surface area (Å²) in [5.74, 6) is 1.71. The van der Waals surface area contributed by atoms with Crippen LogP contribution in [-0.2, 0) is 11.8 Å². The molecule has 2 aromatic rings. The molecule has 4 heteroatoms. The van der Waals surface area contributed by atoms with Gasteiger partial charge in [0, 0.05) is 31.1 Å². The van der Waals surface area contributed by atoms with E-state index in [0.717, 1.165) is 36.5 Å². The summed E-state index contributed by atoms with van der Waals surface area (Å²) in [6, 6.07) is 6.11. The van der Waals surface area contributed by atoms with Crippen molar-refractivity contribution in [3.63, 3.8) is 0 Å². The van der Waals surface area contributed by atoms with Crippen LogP contribution in [0.5, 0.6) is 0 Å². The van der Waals surface area contributed by atoms with Gasteiger partial charge in [-0.3, -0.25) is 0 Å². The van der Waals surface area contributed by atoms with Crippen molar-refractivity contribution in [1.82, 2.24) is 9.55 Å². The molecular weight excluding hydrogens is 232 g/mol. The lowest BCUT2D eigenvalue weighted by molar-refractivity contribution is 0.0831. The van der Waals surface area contributed by atoms with E-state index in [0.29, 0.717) is 5.92 Å². The van der Waals surface area contributed by atoms with Crippen molar-refractivity contribution in [2.75, 3.05) is 13.2 Å². The zero-order valence-electron chi connectivity index (χ0n) is 9.89. The van der Waals surface area contributed by atoms with Crippen LogP contribution in [0.4, 0.5) is 0 Å². The van der Waals surface area contributed by atoms with E-state index < -0.39 is 0 Å². The first-order valence-electron chi connectivity index (χ1n) is 5.99. The van der Waals surface area contributed by atoms with Gasteiger partial charge < -0.3 is 9.30 Å². The number of imidazole rings is 1. The lowest BCUT2D eigenvalue weighted by Crippen LogP contribution is -2.17. The summed E-state index contributed by atoms with van der Waals surface area (Å²) in [5.41, 5.74) is 2.23. The fourth-order valence-corrected chi connectivity index (χ4v) is 2.71. The van der Waals surface area contributed by atoms with E-state index in [1.54, 1.807) is 0 Å². The second kappa shape index (κ2) is 4.35. The molecule has 2 heterocycles. The van der Waals surface area contributed by atoms with E-state index in [1.165, 1.54) is 11.3 Å². The summed E-state index contributed by atoms with van der Waals surface area (Å²) < 4.78 is 7.60. The quantitative estimate of drug-likeness (QED) is 0.786. The van der Waals surface area contributed by atoms with Gasteiger partial charge in [-0.1, -0.05) is 0 Å². The standard InChI is InChI=1S/C13H16N2OS/c1-15-12-8-10(17)2-3-11(12)14-13(15)9-4-6-16-7-5-9/h2-3,8-9,17H,4-7H2,1H3. The maximum absolute atomic E-state index is 5.40. The molecule has 3 nitrogen and oxygen atoms in total.